The Kier molecular flexibility index (Phi) is 4.26. The Morgan fingerprint density at radius 3 is 2.50 bits per heavy atom. The van der Waals surface area contributed by atoms with Crippen LogP contribution in [0.4, 0.5) is 0 Å². The van der Waals surface area contributed by atoms with Gasteiger partial charge in [0.2, 0.25) is 0 Å². The Hall–Kier alpha value is -0.0800. The van der Waals surface area contributed by atoms with Crippen LogP contribution in [-0.4, -0.2) is 36.6 Å². The summed E-state index contributed by atoms with van der Waals surface area (Å²) in [5.74, 6) is 0.883. The summed E-state index contributed by atoms with van der Waals surface area (Å²) in [5, 5.41) is 3.55. The van der Waals surface area contributed by atoms with Crippen LogP contribution in [-0.2, 0) is 0 Å². The summed E-state index contributed by atoms with van der Waals surface area (Å²) in [5.41, 5.74) is 0. The Labute approximate surface area is 101 Å². The first kappa shape index (κ1) is 12.4. The Bertz CT molecular complexity index is 211. The Morgan fingerprint density at radius 2 is 1.75 bits per heavy atom. The van der Waals surface area contributed by atoms with Gasteiger partial charge in [0.25, 0.3) is 0 Å². The first-order valence-corrected chi connectivity index (χ1v) is 7.17. The van der Waals surface area contributed by atoms with E-state index >= 15 is 0 Å². The van der Waals surface area contributed by atoms with Crippen LogP contribution >= 0.6 is 0 Å². The lowest BCUT2D eigenvalue weighted by atomic mass is 9.84. The van der Waals surface area contributed by atoms with Crippen LogP contribution in [0.25, 0.3) is 0 Å². The van der Waals surface area contributed by atoms with E-state index in [0.29, 0.717) is 0 Å². The molecule has 0 radical (unpaired) electrons. The van der Waals surface area contributed by atoms with Gasteiger partial charge >= 0.3 is 0 Å². The van der Waals surface area contributed by atoms with Crippen LogP contribution < -0.4 is 5.32 Å². The van der Waals surface area contributed by atoms with E-state index in [1.165, 1.54) is 45.1 Å². The number of hydrogen-bond acceptors (Lipinski definition) is 2. The van der Waals surface area contributed by atoms with E-state index in [2.05, 4.69) is 31.1 Å². The van der Waals surface area contributed by atoms with Crippen molar-refractivity contribution in [3.8, 4) is 0 Å². The molecule has 1 heterocycles. The van der Waals surface area contributed by atoms with Gasteiger partial charge in [-0.25, -0.2) is 0 Å². The Balaban J connectivity index is 2.03. The van der Waals surface area contributed by atoms with Crippen LogP contribution in [0.15, 0.2) is 0 Å². The fraction of sp³-hybridized carbons (Fsp3) is 1.00. The molecular weight excluding hydrogens is 196 g/mol. The minimum absolute atomic E-state index is 0.737. The predicted octanol–water partition coefficient (Wildman–Crippen LogP) is 2.64. The number of hydrogen-bond donors (Lipinski definition) is 1. The lowest BCUT2D eigenvalue weighted by Gasteiger charge is -2.47. The minimum Gasteiger partial charge on any atom is -0.315 e. The highest BCUT2D eigenvalue weighted by atomic mass is 15.2. The monoisotopic (exact) mass is 224 g/mol. The smallest absolute Gasteiger partial charge is 0.0252 e. The zero-order chi connectivity index (χ0) is 11.5. The molecule has 0 aromatic heterocycles. The van der Waals surface area contributed by atoms with Crippen LogP contribution in [0.1, 0.15) is 52.4 Å². The fourth-order valence-electron chi connectivity index (χ4n) is 3.68. The van der Waals surface area contributed by atoms with Crippen molar-refractivity contribution in [3.05, 3.63) is 0 Å². The largest absolute Gasteiger partial charge is 0.315 e. The van der Waals surface area contributed by atoms with Crippen molar-refractivity contribution < 1.29 is 0 Å². The molecule has 1 saturated carbocycles. The molecule has 1 saturated heterocycles. The summed E-state index contributed by atoms with van der Waals surface area (Å²) in [6, 6.07) is 2.32. The molecule has 0 amide bonds. The van der Waals surface area contributed by atoms with E-state index in [-0.39, 0.29) is 0 Å². The molecule has 16 heavy (non-hydrogen) atoms. The van der Waals surface area contributed by atoms with Crippen LogP contribution in [0.5, 0.6) is 0 Å². The zero-order valence-electron chi connectivity index (χ0n) is 11.2. The minimum atomic E-state index is 0.737. The fourth-order valence-corrected chi connectivity index (χ4v) is 3.68. The number of nitrogens with zero attached hydrogens (tertiary/aromatic N) is 1. The van der Waals surface area contributed by atoms with Crippen LogP contribution in [0.2, 0.25) is 0 Å². The average molecular weight is 224 g/mol. The summed E-state index contributed by atoms with van der Waals surface area (Å²) in [7, 11) is 2.14. The number of likely N-dealkylation sites (tertiary alicyclic amines) is 1. The summed E-state index contributed by atoms with van der Waals surface area (Å²) in [4.78, 5) is 2.80. The normalized spacial score (nSPS) is 42.2. The molecule has 1 aliphatic heterocycles. The summed E-state index contributed by atoms with van der Waals surface area (Å²) < 4.78 is 0. The van der Waals surface area contributed by atoms with Crippen molar-refractivity contribution in [2.45, 2.75) is 70.5 Å². The van der Waals surface area contributed by atoms with Gasteiger partial charge in [0, 0.05) is 18.1 Å². The maximum Gasteiger partial charge on any atom is 0.0252 e. The van der Waals surface area contributed by atoms with E-state index in [1.54, 1.807) is 0 Å². The topological polar surface area (TPSA) is 15.3 Å². The van der Waals surface area contributed by atoms with E-state index in [9.17, 15) is 0 Å². The quantitative estimate of drug-likeness (QED) is 0.776. The molecule has 2 heteroatoms. The molecule has 2 rings (SSSR count). The van der Waals surface area contributed by atoms with Crippen molar-refractivity contribution in [2.24, 2.45) is 5.92 Å². The third kappa shape index (κ3) is 2.43. The van der Waals surface area contributed by atoms with Gasteiger partial charge in [-0.05, 0) is 52.1 Å². The average Bonchev–Trinajstić information content (AvgIpc) is 2.33. The highest BCUT2D eigenvalue weighted by molar-refractivity contribution is 4.92. The van der Waals surface area contributed by atoms with Gasteiger partial charge < -0.3 is 5.32 Å². The van der Waals surface area contributed by atoms with Crippen LogP contribution in [0, 0.1) is 5.92 Å². The number of likely N-dealkylation sites (N-methyl/N-ethyl adjacent to an activating group) is 1. The first-order chi connectivity index (χ1) is 7.74. The molecule has 0 aromatic carbocycles. The van der Waals surface area contributed by atoms with Gasteiger partial charge in [-0.3, -0.25) is 4.90 Å². The number of piperidine rings is 1. The summed E-state index contributed by atoms with van der Waals surface area (Å²) in [6.45, 7) is 6.19. The molecule has 2 fully saturated rings. The first-order valence-electron chi connectivity index (χ1n) is 7.17. The van der Waals surface area contributed by atoms with Gasteiger partial charge in [-0.2, -0.15) is 0 Å². The molecule has 0 aromatic rings. The Morgan fingerprint density at radius 1 is 1.00 bits per heavy atom. The SMILES string of the molecule is CNC1CCCCC1N1CCCC(C)C1C. The molecule has 2 aliphatic rings. The third-order valence-electron chi connectivity index (χ3n) is 4.95. The number of rotatable bonds is 2. The molecule has 94 valence electrons. The predicted molar refractivity (Wildman–Crippen MR) is 69.7 cm³/mol. The van der Waals surface area contributed by atoms with Gasteiger partial charge in [0.15, 0.2) is 0 Å². The van der Waals surface area contributed by atoms with E-state index in [0.717, 1.165) is 24.0 Å². The summed E-state index contributed by atoms with van der Waals surface area (Å²) >= 11 is 0. The van der Waals surface area contributed by atoms with E-state index in [1.807, 2.05) is 0 Å². The molecular formula is C14H28N2. The standard InChI is InChI=1S/C14H28N2/c1-11-7-6-10-16(12(11)2)14-9-5-4-8-13(14)15-3/h11-15H,4-10H2,1-3H3. The molecule has 4 unspecified atom stereocenters. The van der Waals surface area contributed by atoms with Crippen molar-refractivity contribution in [2.75, 3.05) is 13.6 Å². The second kappa shape index (κ2) is 5.50. The molecule has 2 nitrogen and oxygen atoms in total. The van der Waals surface area contributed by atoms with Gasteiger partial charge in [-0.15, -0.1) is 0 Å². The highest BCUT2D eigenvalue weighted by Gasteiger charge is 2.35. The molecule has 0 spiro atoms. The van der Waals surface area contributed by atoms with Crippen LogP contribution in [0.3, 0.4) is 0 Å². The van der Waals surface area contributed by atoms with Crippen molar-refractivity contribution in [3.63, 3.8) is 0 Å². The third-order valence-corrected chi connectivity index (χ3v) is 4.95. The number of nitrogens with one attached hydrogen (secondary N) is 1. The maximum absolute atomic E-state index is 3.55. The lowest BCUT2D eigenvalue weighted by Crippen LogP contribution is -2.56. The highest BCUT2D eigenvalue weighted by Crippen LogP contribution is 2.31. The maximum atomic E-state index is 3.55. The zero-order valence-corrected chi connectivity index (χ0v) is 11.2. The van der Waals surface area contributed by atoms with E-state index in [4.69, 9.17) is 0 Å². The van der Waals surface area contributed by atoms with Gasteiger partial charge in [0.1, 0.15) is 0 Å². The molecule has 1 aliphatic carbocycles. The van der Waals surface area contributed by atoms with Gasteiger partial charge in [0.05, 0.1) is 0 Å². The molecule has 4 atom stereocenters. The lowest BCUT2D eigenvalue weighted by molar-refractivity contribution is 0.0348. The van der Waals surface area contributed by atoms with Crippen molar-refractivity contribution in [1.29, 1.82) is 0 Å². The van der Waals surface area contributed by atoms with Crippen molar-refractivity contribution >= 4 is 0 Å². The second-order valence-corrected chi connectivity index (χ2v) is 5.84. The molecule has 1 N–H and O–H groups in total. The van der Waals surface area contributed by atoms with Crippen molar-refractivity contribution in [1.82, 2.24) is 10.2 Å². The van der Waals surface area contributed by atoms with E-state index < -0.39 is 0 Å². The molecule has 0 bridgehead atoms. The summed E-state index contributed by atoms with van der Waals surface area (Å²) in [6.07, 6.45) is 8.45. The van der Waals surface area contributed by atoms with Gasteiger partial charge in [-0.1, -0.05) is 19.8 Å². The second-order valence-electron chi connectivity index (χ2n) is 5.84.